The van der Waals surface area contributed by atoms with Crippen molar-refractivity contribution in [1.29, 1.82) is 0 Å². The normalized spacial score (nSPS) is 19.8. The van der Waals surface area contributed by atoms with Gasteiger partial charge in [0.25, 0.3) is 10.0 Å². The predicted molar refractivity (Wildman–Crippen MR) is 82.6 cm³/mol. The molecule has 21 heavy (non-hydrogen) atoms. The summed E-state index contributed by atoms with van der Waals surface area (Å²) in [5.41, 5.74) is 0. The average molecular weight is 314 g/mol. The van der Waals surface area contributed by atoms with Crippen LogP contribution in [0.2, 0.25) is 0 Å². The highest BCUT2D eigenvalue weighted by Crippen LogP contribution is 2.25. The summed E-state index contributed by atoms with van der Waals surface area (Å²) in [6.07, 6.45) is 3.44. The summed E-state index contributed by atoms with van der Waals surface area (Å²) in [5, 5.41) is 3.44. The van der Waals surface area contributed by atoms with Crippen LogP contribution in [0.1, 0.15) is 32.5 Å². The summed E-state index contributed by atoms with van der Waals surface area (Å²) in [7, 11) is -1.50. The SMILES string of the molecule is CCn1cc(S(=O)(=O)N2CCC(C(C)NC)CC2)nc1C. The van der Waals surface area contributed by atoms with Crippen LogP contribution in [0.15, 0.2) is 11.2 Å². The first-order valence-electron chi connectivity index (χ1n) is 7.61. The molecule has 1 aliphatic rings. The Balaban J connectivity index is 2.11. The molecule has 0 amide bonds. The Morgan fingerprint density at radius 2 is 2.05 bits per heavy atom. The molecule has 1 aliphatic heterocycles. The van der Waals surface area contributed by atoms with E-state index >= 15 is 0 Å². The van der Waals surface area contributed by atoms with Crippen molar-refractivity contribution in [2.75, 3.05) is 20.1 Å². The van der Waals surface area contributed by atoms with Crippen molar-refractivity contribution in [3.05, 3.63) is 12.0 Å². The van der Waals surface area contributed by atoms with Gasteiger partial charge in [-0.15, -0.1) is 0 Å². The molecule has 1 saturated heterocycles. The Morgan fingerprint density at radius 1 is 1.43 bits per heavy atom. The van der Waals surface area contributed by atoms with Gasteiger partial charge in [0.15, 0.2) is 5.03 Å². The first kappa shape index (κ1) is 16.5. The van der Waals surface area contributed by atoms with E-state index in [1.165, 1.54) is 0 Å². The third-order valence-corrected chi connectivity index (χ3v) is 6.33. The standard InChI is InChI=1S/C14H26N4O2S/c1-5-17-10-14(16-12(17)3)21(19,20)18-8-6-13(7-9-18)11(2)15-4/h10-11,13,15H,5-9H2,1-4H3. The maximum absolute atomic E-state index is 12.6. The van der Waals surface area contributed by atoms with E-state index in [0.717, 1.165) is 25.2 Å². The molecule has 1 aromatic heterocycles. The minimum absolute atomic E-state index is 0.182. The van der Waals surface area contributed by atoms with Crippen LogP contribution in [-0.2, 0) is 16.6 Å². The van der Waals surface area contributed by atoms with Crippen LogP contribution >= 0.6 is 0 Å². The van der Waals surface area contributed by atoms with Gasteiger partial charge in [-0.1, -0.05) is 0 Å². The van der Waals surface area contributed by atoms with E-state index in [-0.39, 0.29) is 5.03 Å². The highest BCUT2D eigenvalue weighted by molar-refractivity contribution is 7.89. The second-order valence-electron chi connectivity index (χ2n) is 5.73. The van der Waals surface area contributed by atoms with Gasteiger partial charge in [0, 0.05) is 31.9 Å². The van der Waals surface area contributed by atoms with Gasteiger partial charge >= 0.3 is 0 Å². The number of piperidine rings is 1. The third-order valence-electron chi connectivity index (χ3n) is 4.56. The van der Waals surface area contributed by atoms with Gasteiger partial charge in [-0.2, -0.15) is 4.31 Å². The zero-order chi connectivity index (χ0) is 15.6. The van der Waals surface area contributed by atoms with Crippen LogP contribution < -0.4 is 5.32 Å². The van der Waals surface area contributed by atoms with Crippen molar-refractivity contribution in [3.8, 4) is 0 Å². The molecule has 1 aromatic rings. The van der Waals surface area contributed by atoms with Crippen LogP contribution in [0.4, 0.5) is 0 Å². The third kappa shape index (κ3) is 3.30. The number of imidazole rings is 1. The van der Waals surface area contributed by atoms with E-state index in [4.69, 9.17) is 0 Å². The molecule has 1 N–H and O–H groups in total. The van der Waals surface area contributed by atoms with Crippen molar-refractivity contribution >= 4 is 10.0 Å². The van der Waals surface area contributed by atoms with Crippen LogP contribution in [-0.4, -0.2) is 48.5 Å². The molecule has 0 aromatic carbocycles. The van der Waals surface area contributed by atoms with Gasteiger partial charge in [0.05, 0.1) is 0 Å². The highest BCUT2D eigenvalue weighted by atomic mass is 32.2. The Kier molecular flexibility index (Phi) is 5.06. The second-order valence-corrected chi connectivity index (χ2v) is 7.62. The Labute approximate surface area is 127 Å². The molecule has 120 valence electrons. The molecule has 0 aliphatic carbocycles. The maximum Gasteiger partial charge on any atom is 0.262 e. The summed E-state index contributed by atoms with van der Waals surface area (Å²) in [6, 6.07) is 0.427. The van der Waals surface area contributed by atoms with Crippen molar-refractivity contribution in [2.24, 2.45) is 5.92 Å². The van der Waals surface area contributed by atoms with E-state index < -0.39 is 10.0 Å². The number of aryl methyl sites for hydroxylation is 2. The number of aromatic nitrogens is 2. The smallest absolute Gasteiger partial charge is 0.262 e. The lowest BCUT2D eigenvalue weighted by atomic mass is 9.91. The molecule has 2 heterocycles. The Morgan fingerprint density at radius 3 is 2.52 bits per heavy atom. The first-order valence-corrected chi connectivity index (χ1v) is 9.05. The number of hydrogen-bond acceptors (Lipinski definition) is 4. The van der Waals surface area contributed by atoms with E-state index in [2.05, 4.69) is 17.2 Å². The number of rotatable bonds is 5. The molecule has 0 radical (unpaired) electrons. The summed E-state index contributed by atoms with van der Waals surface area (Å²) in [5.74, 6) is 1.28. The second kappa shape index (κ2) is 6.46. The number of nitrogens with zero attached hydrogens (tertiary/aromatic N) is 3. The molecule has 6 nitrogen and oxygen atoms in total. The largest absolute Gasteiger partial charge is 0.334 e. The molecular weight excluding hydrogens is 288 g/mol. The average Bonchev–Trinajstić information content (AvgIpc) is 2.88. The Bertz CT molecular complexity index is 574. The van der Waals surface area contributed by atoms with E-state index in [0.29, 0.717) is 25.0 Å². The monoisotopic (exact) mass is 314 g/mol. The first-order chi connectivity index (χ1) is 9.90. The van der Waals surface area contributed by atoms with Crippen molar-refractivity contribution in [2.45, 2.75) is 51.2 Å². The summed E-state index contributed by atoms with van der Waals surface area (Å²) in [4.78, 5) is 4.22. The summed E-state index contributed by atoms with van der Waals surface area (Å²) in [6.45, 7) is 7.87. The van der Waals surface area contributed by atoms with Gasteiger partial charge in [0.1, 0.15) is 5.82 Å². The highest BCUT2D eigenvalue weighted by Gasteiger charge is 2.32. The lowest BCUT2D eigenvalue weighted by Crippen LogP contribution is -2.43. The van der Waals surface area contributed by atoms with Gasteiger partial charge in [-0.3, -0.25) is 0 Å². The number of sulfonamides is 1. The molecule has 0 spiro atoms. The van der Waals surface area contributed by atoms with Gasteiger partial charge in [-0.05, 0) is 46.6 Å². The van der Waals surface area contributed by atoms with Crippen LogP contribution in [0.25, 0.3) is 0 Å². The van der Waals surface area contributed by atoms with Gasteiger partial charge < -0.3 is 9.88 Å². The van der Waals surface area contributed by atoms with Crippen molar-refractivity contribution < 1.29 is 8.42 Å². The molecule has 1 atom stereocenters. The fourth-order valence-corrected chi connectivity index (χ4v) is 4.37. The Hall–Kier alpha value is -0.920. The minimum atomic E-state index is -3.45. The maximum atomic E-state index is 12.6. The molecule has 0 saturated carbocycles. The van der Waals surface area contributed by atoms with E-state index in [9.17, 15) is 8.42 Å². The van der Waals surface area contributed by atoms with Gasteiger partial charge in [-0.25, -0.2) is 13.4 Å². The van der Waals surface area contributed by atoms with Crippen LogP contribution in [0, 0.1) is 12.8 Å². The molecule has 1 unspecified atom stereocenters. The fraction of sp³-hybridized carbons (Fsp3) is 0.786. The summed E-state index contributed by atoms with van der Waals surface area (Å²) >= 11 is 0. The fourth-order valence-electron chi connectivity index (χ4n) is 2.91. The molecular formula is C14H26N4O2S. The van der Waals surface area contributed by atoms with E-state index in [1.807, 2.05) is 25.5 Å². The zero-order valence-corrected chi connectivity index (χ0v) is 14.2. The van der Waals surface area contributed by atoms with Crippen molar-refractivity contribution in [1.82, 2.24) is 19.2 Å². The van der Waals surface area contributed by atoms with Crippen molar-refractivity contribution in [3.63, 3.8) is 0 Å². The minimum Gasteiger partial charge on any atom is -0.334 e. The molecule has 1 fully saturated rings. The number of nitrogens with one attached hydrogen (secondary N) is 1. The van der Waals surface area contributed by atoms with Crippen LogP contribution in [0.3, 0.4) is 0 Å². The van der Waals surface area contributed by atoms with Gasteiger partial charge in [0.2, 0.25) is 0 Å². The topological polar surface area (TPSA) is 67.2 Å². The zero-order valence-electron chi connectivity index (χ0n) is 13.3. The lowest BCUT2D eigenvalue weighted by Gasteiger charge is -2.33. The molecule has 0 bridgehead atoms. The van der Waals surface area contributed by atoms with E-state index in [1.54, 1.807) is 10.5 Å². The summed E-state index contributed by atoms with van der Waals surface area (Å²) < 4.78 is 28.7. The number of hydrogen-bond donors (Lipinski definition) is 1. The van der Waals surface area contributed by atoms with Crippen LogP contribution in [0.5, 0.6) is 0 Å². The molecule has 7 heteroatoms. The quantitative estimate of drug-likeness (QED) is 0.887. The molecule has 2 rings (SSSR count). The predicted octanol–water partition coefficient (Wildman–Crippen LogP) is 1.22. The lowest BCUT2D eigenvalue weighted by molar-refractivity contribution is 0.236.